The lowest BCUT2D eigenvalue weighted by Crippen LogP contribution is -2.50. The summed E-state index contributed by atoms with van der Waals surface area (Å²) in [5, 5.41) is 3.81. The average Bonchev–Trinajstić information content (AvgIpc) is 2.95. The molecule has 3 rings (SSSR count). The van der Waals surface area contributed by atoms with Crippen molar-refractivity contribution in [3.63, 3.8) is 0 Å². The number of nitrogens with one attached hydrogen (secondary N) is 1. The van der Waals surface area contributed by atoms with Crippen LogP contribution in [0.3, 0.4) is 0 Å². The minimum absolute atomic E-state index is 0.158. The van der Waals surface area contributed by atoms with Crippen LogP contribution in [0.2, 0.25) is 0 Å². The van der Waals surface area contributed by atoms with Crippen molar-refractivity contribution in [2.75, 3.05) is 13.1 Å². The molecule has 1 N–H and O–H groups in total. The zero-order valence-electron chi connectivity index (χ0n) is 15.9. The molecule has 25 heavy (non-hydrogen) atoms. The summed E-state index contributed by atoms with van der Waals surface area (Å²) in [7, 11) is 0. The van der Waals surface area contributed by atoms with Crippen molar-refractivity contribution in [3.05, 3.63) is 35.9 Å². The number of carbonyl (C=O) groups excluding carboxylic acids is 1. The van der Waals surface area contributed by atoms with Crippen molar-refractivity contribution in [1.29, 1.82) is 0 Å². The van der Waals surface area contributed by atoms with Crippen LogP contribution in [0.15, 0.2) is 30.3 Å². The van der Waals surface area contributed by atoms with Gasteiger partial charge in [0.2, 0.25) is 0 Å². The van der Waals surface area contributed by atoms with E-state index in [4.69, 9.17) is 4.74 Å². The molecule has 1 spiro atoms. The van der Waals surface area contributed by atoms with Gasteiger partial charge < -0.3 is 15.0 Å². The third kappa shape index (κ3) is 4.55. The quantitative estimate of drug-likeness (QED) is 0.886. The summed E-state index contributed by atoms with van der Waals surface area (Å²) < 4.78 is 5.53. The molecule has 1 saturated carbocycles. The Hall–Kier alpha value is -1.55. The molecule has 1 saturated heterocycles. The number of benzene rings is 1. The largest absolute Gasteiger partial charge is 0.444 e. The van der Waals surface area contributed by atoms with Crippen molar-refractivity contribution < 1.29 is 9.53 Å². The van der Waals surface area contributed by atoms with Gasteiger partial charge >= 0.3 is 6.09 Å². The van der Waals surface area contributed by atoms with Gasteiger partial charge in [-0.2, -0.15) is 0 Å². The first-order valence-electron chi connectivity index (χ1n) is 9.63. The van der Waals surface area contributed by atoms with Crippen molar-refractivity contribution >= 4 is 6.09 Å². The highest BCUT2D eigenvalue weighted by Gasteiger charge is 2.45. The highest BCUT2D eigenvalue weighted by Crippen LogP contribution is 2.46. The maximum atomic E-state index is 12.3. The van der Waals surface area contributed by atoms with E-state index in [9.17, 15) is 4.79 Å². The standard InChI is InChI=1S/C21H32N2O2/c1-20(2,3)25-19(24)23-14-12-21(13-15-23)11-7-10-18(21)22-16-17-8-5-4-6-9-17/h4-6,8-9,18,22H,7,10-16H2,1-3H3. The molecule has 138 valence electrons. The van der Waals surface area contributed by atoms with E-state index < -0.39 is 5.60 Å². The first kappa shape index (κ1) is 18.2. The molecule has 0 radical (unpaired) electrons. The lowest BCUT2D eigenvalue weighted by molar-refractivity contribution is 0.00718. The topological polar surface area (TPSA) is 41.6 Å². The smallest absolute Gasteiger partial charge is 0.410 e. The molecule has 1 aliphatic carbocycles. The number of hydrogen-bond donors (Lipinski definition) is 1. The van der Waals surface area contributed by atoms with E-state index >= 15 is 0 Å². The van der Waals surface area contributed by atoms with Crippen LogP contribution >= 0.6 is 0 Å². The number of hydrogen-bond acceptors (Lipinski definition) is 3. The van der Waals surface area contributed by atoms with E-state index in [0.29, 0.717) is 11.5 Å². The maximum Gasteiger partial charge on any atom is 0.410 e. The van der Waals surface area contributed by atoms with Gasteiger partial charge in [-0.1, -0.05) is 36.8 Å². The molecule has 1 aliphatic heterocycles. The Morgan fingerprint density at radius 1 is 1.20 bits per heavy atom. The van der Waals surface area contributed by atoms with E-state index in [1.165, 1.54) is 24.8 Å². The molecule has 1 heterocycles. The first-order chi connectivity index (χ1) is 11.9. The van der Waals surface area contributed by atoms with Gasteiger partial charge in [0.1, 0.15) is 5.60 Å². The minimum atomic E-state index is -0.417. The molecule has 0 bridgehead atoms. The molecule has 1 unspecified atom stereocenters. The number of nitrogens with zero attached hydrogens (tertiary/aromatic N) is 1. The van der Waals surface area contributed by atoms with Crippen molar-refractivity contribution in [2.45, 2.75) is 71.1 Å². The second-order valence-electron chi connectivity index (χ2n) is 8.64. The lowest BCUT2D eigenvalue weighted by Gasteiger charge is -2.43. The Kier molecular flexibility index (Phi) is 5.38. The second kappa shape index (κ2) is 7.36. The zero-order chi connectivity index (χ0) is 17.9. The summed E-state index contributed by atoms with van der Waals surface area (Å²) in [5.74, 6) is 0. The molecule has 1 aromatic carbocycles. The van der Waals surface area contributed by atoms with Crippen LogP contribution in [0.1, 0.15) is 58.4 Å². The fourth-order valence-electron chi connectivity index (χ4n) is 4.35. The van der Waals surface area contributed by atoms with Gasteiger partial charge in [-0.05, 0) is 57.4 Å². The Balaban J connectivity index is 1.54. The predicted octanol–water partition coefficient (Wildman–Crippen LogP) is 4.35. The minimum Gasteiger partial charge on any atom is -0.444 e. The summed E-state index contributed by atoms with van der Waals surface area (Å²) in [4.78, 5) is 14.2. The molecular weight excluding hydrogens is 312 g/mol. The van der Waals surface area contributed by atoms with E-state index in [2.05, 4.69) is 35.6 Å². The monoisotopic (exact) mass is 344 g/mol. The van der Waals surface area contributed by atoms with Gasteiger partial charge in [-0.25, -0.2) is 4.79 Å². The van der Waals surface area contributed by atoms with E-state index in [1.807, 2.05) is 25.7 Å². The number of carbonyl (C=O) groups is 1. The van der Waals surface area contributed by atoms with Crippen LogP contribution in [-0.2, 0) is 11.3 Å². The van der Waals surface area contributed by atoms with Gasteiger partial charge in [-0.15, -0.1) is 0 Å². The number of rotatable bonds is 3. The normalized spacial score (nSPS) is 23.0. The molecule has 1 atom stereocenters. The number of piperidine rings is 1. The fourth-order valence-corrected chi connectivity index (χ4v) is 4.35. The number of amides is 1. The Labute approximate surface area is 151 Å². The highest BCUT2D eigenvalue weighted by atomic mass is 16.6. The fraction of sp³-hybridized carbons (Fsp3) is 0.667. The first-order valence-corrected chi connectivity index (χ1v) is 9.63. The summed E-state index contributed by atoms with van der Waals surface area (Å²) in [6, 6.07) is 11.2. The lowest BCUT2D eigenvalue weighted by atomic mass is 9.74. The third-order valence-electron chi connectivity index (χ3n) is 5.71. The van der Waals surface area contributed by atoms with E-state index in [1.54, 1.807) is 0 Å². The number of ether oxygens (including phenoxy) is 1. The number of likely N-dealkylation sites (tertiary alicyclic amines) is 1. The molecule has 1 aromatic rings. The Morgan fingerprint density at radius 2 is 1.88 bits per heavy atom. The van der Waals surface area contributed by atoms with Crippen molar-refractivity contribution in [1.82, 2.24) is 10.2 Å². The molecule has 0 aromatic heterocycles. The van der Waals surface area contributed by atoms with Crippen molar-refractivity contribution in [3.8, 4) is 0 Å². The average molecular weight is 344 g/mol. The van der Waals surface area contributed by atoms with Crippen LogP contribution in [0.25, 0.3) is 0 Å². The molecular formula is C21H32N2O2. The third-order valence-corrected chi connectivity index (χ3v) is 5.71. The molecule has 2 aliphatic rings. The SMILES string of the molecule is CC(C)(C)OC(=O)N1CCC2(CCCC2NCc2ccccc2)CC1. The maximum absolute atomic E-state index is 12.3. The van der Waals surface area contributed by atoms with Gasteiger partial charge in [-0.3, -0.25) is 0 Å². The summed E-state index contributed by atoms with van der Waals surface area (Å²) in [6.45, 7) is 8.35. The van der Waals surface area contributed by atoms with Gasteiger partial charge in [0.15, 0.2) is 0 Å². The van der Waals surface area contributed by atoms with Crippen LogP contribution in [-0.4, -0.2) is 35.7 Å². The van der Waals surface area contributed by atoms with Crippen LogP contribution in [0.4, 0.5) is 4.79 Å². The summed E-state index contributed by atoms with van der Waals surface area (Å²) >= 11 is 0. The molecule has 2 fully saturated rings. The van der Waals surface area contributed by atoms with Crippen LogP contribution in [0, 0.1) is 5.41 Å². The second-order valence-corrected chi connectivity index (χ2v) is 8.64. The summed E-state index contributed by atoms with van der Waals surface area (Å²) in [6.07, 6.45) is 5.83. The van der Waals surface area contributed by atoms with Crippen molar-refractivity contribution in [2.24, 2.45) is 5.41 Å². The van der Waals surface area contributed by atoms with E-state index in [-0.39, 0.29) is 6.09 Å². The van der Waals surface area contributed by atoms with Crippen LogP contribution in [0.5, 0.6) is 0 Å². The molecule has 1 amide bonds. The Bertz CT molecular complexity index is 571. The van der Waals surface area contributed by atoms with Crippen LogP contribution < -0.4 is 5.32 Å². The van der Waals surface area contributed by atoms with Gasteiger partial charge in [0, 0.05) is 25.7 Å². The highest BCUT2D eigenvalue weighted by molar-refractivity contribution is 5.68. The molecule has 4 nitrogen and oxygen atoms in total. The zero-order valence-corrected chi connectivity index (χ0v) is 15.9. The van der Waals surface area contributed by atoms with Gasteiger partial charge in [0.25, 0.3) is 0 Å². The predicted molar refractivity (Wildman–Crippen MR) is 100 cm³/mol. The summed E-state index contributed by atoms with van der Waals surface area (Å²) in [5.41, 5.74) is 1.28. The Morgan fingerprint density at radius 3 is 2.52 bits per heavy atom. The van der Waals surface area contributed by atoms with E-state index in [0.717, 1.165) is 32.5 Å². The van der Waals surface area contributed by atoms with Gasteiger partial charge in [0.05, 0.1) is 0 Å². The molecule has 4 heteroatoms.